The molecule has 0 unspecified atom stereocenters. The van der Waals surface area contributed by atoms with Gasteiger partial charge < -0.3 is 10.8 Å². The molecule has 0 aliphatic heterocycles. The van der Waals surface area contributed by atoms with E-state index in [1.807, 2.05) is 0 Å². The maximum atomic E-state index is 10.9. The van der Waals surface area contributed by atoms with E-state index in [2.05, 4.69) is 10.2 Å². The normalized spacial score (nSPS) is 10.6. The van der Waals surface area contributed by atoms with Gasteiger partial charge in [0.25, 0.3) is 0 Å². The first-order chi connectivity index (χ1) is 8.09. The molecule has 0 saturated heterocycles. The number of thiophene rings is 1. The number of anilines is 1. The fourth-order valence-corrected chi connectivity index (χ4v) is 2.99. The van der Waals surface area contributed by atoms with E-state index in [1.54, 1.807) is 23.1 Å². The number of rotatable bonds is 4. The summed E-state index contributed by atoms with van der Waals surface area (Å²) in [4.78, 5) is 11.3. The van der Waals surface area contributed by atoms with Gasteiger partial charge in [-0.05, 0) is 17.0 Å². The number of aromatic nitrogens is 3. The second-order valence-corrected chi connectivity index (χ2v) is 5.13. The maximum Gasteiger partial charge on any atom is 0.346 e. The summed E-state index contributed by atoms with van der Waals surface area (Å²) < 4.78 is 1.66. The molecule has 0 fully saturated rings. The predicted molar refractivity (Wildman–Crippen MR) is 66.3 cm³/mol. The molecule has 0 atom stereocenters. The first-order valence-electron chi connectivity index (χ1n) is 4.67. The molecule has 0 radical (unpaired) electrons. The monoisotopic (exact) mass is 270 g/mol. The van der Waals surface area contributed by atoms with E-state index in [0.29, 0.717) is 21.7 Å². The van der Waals surface area contributed by atoms with E-state index >= 15 is 0 Å². The van der Waals surface area contributed by atoms with E-state index in [-0.39, 0.29) is 0 Å². The Labute approximate surface area is 105 Å². The Kier molecular flexibility index (Phi) is 3.34. The van der Waals surface area contributed by atoms with Crippen molar-refractivity contribution in [3.05, 3.63) is 21.9 Å². The minimum absolute atomic E-state index is 0.344. The molecule has 2 heterocycles. The molecule has 0 bridgehead atoms. The van der Waals surface area contributed by atoms with Crippen LogP contribution < -0.4 is 5.73 Å². The molecule has 0 aromatic carbocycles. The topological polar surface area (TPSA) is 94.0 Å². The average Bonchev–Trinajstić information content (AvgIpc) is 2.86. The van der Waals surface area contributed by atoms with Crippen molar-refractivity contribution in [3.8, 4) is 0 Å². The molecule has 0 amide bonds. The van der Waals surface area contributed by atoms with Crippen molar-refractivity contribution in [2.75, 3.05) is 5.73 Å². The highest BCUT2D eigenvalue weighted by atomic mass is 32.2. The standard InChI is InChI=1S/C9H10N4O2S2/c1-13-8(10)11-12-9(13)17-4-5-2-3-16-6(5)7(14)15/h2-3H,4H2,1H3,(H2,10,11)(H,14,15). The van der Waals surface area contributed by atoms with Crippen molar-refractivity contribution in [2.24, 2.45) is 7.05 Å². The first kappa shape index (κ1) is 11.9. The zero-order valence-electron chi connectivity index (χ0n) is 8.95. The van der Waals surface area contributed by atoms with E-state index in [0.717, 1.165) is 5.56 Å². The summed E-state index contributed by atoms with van der Waals surface area (Å²) in [5.41, 5.74) is 6.34. The third kappa shape index (κ3) is 2.42. The molecule has 2 aromatic rings. The predicted octanol–water partition coefficient (Wildman–Crippen LogP) is 1.45. The van der Waals surface area contributed by atoms with Crippen LogP contribution >= 0.6 is 23.1 Å². The molecular weight excluding hydrogens is 260 g/mol. The van der Waals surface area contributed by atoms with E-state index in [4.69, 9.17) is 10.8 Å². The third-order valence-electron chi connectivity index (χ3n) is 2.17. The van der Waals surface area contributed by atoms with Crippen LogP contribution in [0.5, 0.6) is 0 Å². The molecule has 3 N–H and O–H groups in total. The fraction of sp³-hybridized carbons (Fsp3) is 0.222. The molecule has 6 nitrogen and oxygen atoms in total. The lowest BCUT2D eigenvalue weighted by Crippen LogP contribution is -1.99. The Bertz CT molecular complexity index is 549. The van der Waals surface area contributed by atoms with Crippen LogP contribution in [0.4, 0.5) is 5.95 Å². The lowest BCUT2D eigenvalue weighted by molar-refractivity contribution is 0.0701. The lowest BCUT2D eigenvalue weighted by Gasteiger charge is -2.01. The number of thioether (sulfide) groups is 1. The van der Waals surface area contributed by atoms with Gasteiger partial charge in [-0.3, -0.25) is 4.57 Å². The van der Waals surface area contributed by atoms with Gasteiger partial charge in [0.05, 0.1) is 0 Å². The Morgan fingerprint density at radius 2 is 2.41 bits per heavy atom. The van der Waals surface area contributed by atoms with Gasteiger partial charge in [-0.15, -0.1) is 21.5 Å². The highest BCUT2D eigenvalue weighted by Gasteiger charge is 2.13. The molecule has 0 saturated carbocycles. The average molecular weight is 270 g/mol. The van der Waals surface area contributed by atoms with Gasteiger partial charge >= 0.3 is 5.97 Å². The van der Waals surface area contributed by atoms with Crippen LogP contribution in [0, 0.1) is 0 Å². The van der Waals surface area contributed by atoms with Crippen LogP contribution in [-0.2, 0) is 12.8 Å². The SMILES string of the molecule is Cn1c(N)nnc1SCc1ccsc1C(=O)O. The Balaban J connectivity index is 2.10. The third-order valence-corrected chi connectivity index (χ3v) is 4.18. The molecule has 2 aromatic heterocycles. The van der Waals surface area contributed by atoms with Gasteiger partial charge in [0.1, 0.15) is 4.88 Å². The minimum Gasteiger partial charge on any atom is -0.477 e. The summed E-state index contributed by atoms with van der Waals surface area (Å²) in [6.45, 7) is 0. The van der Waals surface area contributed by atoms with Crippen LogP contribution in [0.15, 0.2) is 16.6 Å². The van der Waals surface area contributed by atoms with Gasteiger partial charge in [-0.25, -0.2) is 4.79 Å². The van der Waals surface area contributed by atoms with E-state index in [1.165, 1.54) is 23.1 Å². The summed E-state index contributed by atoms with van der Waals surface area (Å²) in [6, 6.07) is 1.81. The highest BCUT2D eigenvalue weighted by Crippen LogP contribution is 2.26. The highest BCUT2D eigenvalue weighted by molar-refractivity contribution is 7.98. The second-order valence-electron chi connectivity index (χ2n) is 3.27. The van der Waals surface area contributed by atoms with E-state index < -0.39 is 5.97 Å². The van der Waals surface area contributed by atoms with Crippen molar-refractivity contribution in [1.82, 2.24) is 14.8 Å². The lowest BCUT2D eigenvalue weighted by atomic mass is 10.3. The zero-order chi connectivity index (χ0) is 12.4. The van der Waals surface area contributed by atoms with Crippen molar-refractivity contribution in [3.63, 3.8) is 0 Å². The van der Waals surface area contributed by atoms with Crippen molar-refractivity contribution < 1.29 is 9.90 Å². The summed E-state index contributed by atoms with van der Waals surface area (Å²) in [6.07, 6.45) is 0. The number of aromatic carboxylic acids is 1. The van der Waals surface area contributed by atoms with Gasteiger partial charge in [-0.2, -0.15) is 0 Å². The fourth-order valence-electron chi connectivity index (χ4n) is 1.23. The van der Waals surface area contributed by atoms with Crippen molar-refractivity contribution in [1.29, 1.82) is 0 Å². The van der Waals surface area contributed by atoms with Gasteiger partial charge in [0.15, 0.2) is 5.16 Å². The molecule has 0 aliphatic rings. The van der Waals surface area contributed by atoms with Gasteiger partial charge in [0.2, 0.25) is 5.95 Å². The molecule has 90 valence electrons. The number of carboxylic acids is 1. The van der Waals surface area contributed by atoms with Crippen LogP contribution in [0.2, 0.25) is 0 Å². The number of nitrogens with zero attached hydrogens (tertiary/aromatic N) is 3. The summed E-state index contributed by atoms with van der Waals surface area (Å²) in [7, 11) is 1.77. The largest absolute Gasteiger partial charge is 0.477 e. The zero-order valence-corrected chi connectivity index (χ0v) is 10.6. The molecule has 17 heavy (non-hydrogen) atoms. The van der Waals surface area contributed by atoms with Gasteiger partial charge in [-0.1, -0.05) is 11.8 Å². The molecule has 2 rings (SSSR count). The summed E-state index contributed by atoms with van der Waals surface area (Å²) in [5, 5.41) is 19.0. The smallest absolute Gasteiger partial charge is 0.346 e. The quantitative estimate of drug-likeness (QED) is 0.817. The van der Waals surface area contributed by atoms with Crippen LogP contribution in [0.25, 0.3) is 0 Å². The van der Waals surface area contributed by atoms with Crippen LogP contribution in [0.3, 0.4) is 0 Å². The molecular formula is C9H10N4O2S2. The van der Waals surface area contributed by atoms with Crippen LogP contribution in [-0.4, -0.2) is 25.8 Å². The Morgan fingerprint density at radius 3 is 3.00 bits per heavy atom. The van der Waals surface area contributed by atoms with Crippen molar-refractivity contribution >= 4 is 35.0 Å². The van der Waals surface area contributed by atoms with Gasteiger partial charge in [0, 0.05) is 12.8 Å². The number of nitrogen functional groups attached to an aromatic ring is 1. The minimum atomic E-state index is -0.895. The molecule has 0 spiro atoms. The van der Waals surface area contributed by atoms with E-state index in [9.17, 15) is 4.79 Å². The van der Waals surface area contributed by atoms with Crippen LogP contribution in [0.1, 0.15) is 15.2 Å². The second kappa shape index (κ2) is 4.76. The summed E-state index contributed by atoms with van der Waals surface area (Å²) >= 11 is 2.63. The Hall–Kier alpha value is -1.54. The molecule has 8 heteroatoms. The van der Waals surface area contributed by atoms with Crippen molar-refractivity contribution in [2.45, 2.75) is 10.9 Å². The number of carbonyl (C=O) groups is 1. The summed E-state index contributed by atoms with van der Waals surface area (Å²) in [5.74, 6) is -0.0127. The number of nitrogens with two attached hydrogens (primary N) is 1. The first-order valence-corrected chi connectivity index (χ1v) is 6.53. The molecule has 0 aliphatic carbocycles. The number of carboxylic acid groups (broad SMARTS) is 1. The number of hydrogen-bond acceptors (Lipinski definition) is 6. The maximum absolute atomic E-state index is 10.9. The Morgan fingerprint density at radius 1 is 1.65 bits per heavy atom. The number of hydrogen-bond donors (Lipinski definition) is 2.